The highest BCUT2D eigenvalue weighted by Gasteiger charge is 2.45. The van der Waals surface area contributed by atoms with Gasteiger partial charge in [0, 0.05) is 37.7 Å². The minimum absolute atomic E-state index is 0.0275. The average Bonchev–Trinajstić information content (AvgIpc) is 3.23. The summed E-state index contributed by atoms with van der Waals surface area (Å²) in [5.74, 6) is 2.80. The molecule has 166 valence electrons. The van der Waals surface area contributed by atoms with Gasteiger partial charge in [-0.3, -0.25) is 9.48 Å². The lowest BCUT2D eigenvalue weighted by Gasteiger charge is -2.22. The Balaban J connectivity index is 1.14. The van der Waals surface area contributed by atoms with Gasteiger partial charge in [0.05, 0.1) is 36.4 Å². The Bertz CT molecular complexity index is 1200. The van der Waals surface area contributed by atoms with Gasteiger partial charge < -0.3 is 14.8 Å². The smallest absolute Gasteiger partial charge is 0.255 e. The highest BCUT2D eigenvalue weighted by molar-refractivity contribution is 5.94. The third-order valence-corrected chi connectivity index (χ3v) is 7.38. The summed E-state index contributed by atoms with van der Waals surface area (Å²) in [5.41, 5.74) is 6.15. The van der Waals surface area contributed by atoms with Crippen LogP contribution in [0, 0.1) is 25.7 Å². The van der Waals surface area contributed by atoms with Crippen LogP contribution >= 0.6 is 0 Å². The molecule has 4 heterocycles. The number of rotatable bonds is 5. The number of fused-ring (bicyclic) bond motifs is 2. The summed E-state index contributed by atoms with van der Waals surface area (Å²) in [6.07, 6.45) is 8.50. The van der Waals surface area contributed by atoms with E-state index in [-0.39, 0.29) is 11.9 Å². The zero-order valence-electron chi connectivity index (χ0n) is 18.9. The number of hydrogen-bond donors (Lipinski definition) is 1. The van der Waals surface area contributed by atoms with Crippen LogP contribution in [0.5, 0.6) is 0 Å². The van der Waals surface area contributed by atoms with Gasteiger partial charge in [0.25, 0.3) is 5.91 Å². The van der Waals surface area contributed by atoms with E-state index in [4.69, 9.17) is 4.98 Å². The Morgan fingerprint density at radius 1 is 1.25 bits per heavy atom. The molecule has 6 rings (SSSR count). The number of carbonyl (C=O) groups is 1. The highest BCUT2D eigenvalue weighted by Crippen LogP contribution is 2.46. The summed E-state index contributed by atoms with van der Waals surface area (Å²) in [6.45, 7) is 7.11. The zero-order chi connectivity index (χ0) is 22.0. The van der Waals surface area contributed by atoms with Gasteiger partial charge in [-0.05, 0) is 62.1 Å². The monoisotopic (exact) mass is 431 g/mol. The van der Waals surface area contributed by atoms with Crippen LogP contribution in [0.3, 0.4) is 0 Å². The Hall–Kier alpha value is -3.16. The lowest BCUT2D eigenvalue weighted by atomic mass is 10.1. The summed E-state index contributed by atoms with van der Waals surface area (Å²) >= 11 is 0. The van der Waals surface area contributed by atoms with E-state index in [1.807, 2.05) is 28.8 Å². The van der Waals surface area contributed by atoms with Gasteiger partial charge >= 0.3 is 0 Å². The van der Waals surface area contributed by atoms with E-state index >= 15 is 0 Å². The van der Waals surface area contributed by atoms with Gasteiger partial charge in [-0.2, -0.15) is 5.10 Å². The first-order valence-electron chi connectivity index (χ1n) is 11.5. The molecule has 8 heteroatoms. The van der Waals surface area contributed by atoms with Crippen molar-refractivity contribution in [3.05, 3.63) is 58.6 Å². The summed E-state index contributed by atoms with van der Waals surface area (Å²) in [4.78, 5) is 24.6. The van der Waals surface area contributed by atoms with Crippen molar-refractivity contribution in [1.82, 2.24) is 29.6 Å². The summed E-state index contributed by atoms with van der Waals surface area (Å²) in [5, 5.41) is 7.56. The van der Waals surface area contributed by atoms with Gasteiger partial charge in [0.2, 0.25) is 0 Å². The SMILES string of the molecule is Cc1cc(Cn2cc(C(=O)N[C@@H]3CCc4c3ncn4C)cn2)c(C)nc1N1CC2CC2C1. The van der Waals surface area contributed by atoms with E-state index < -0.39 is 0 Å². The van der Waals surface area contributed by atoms with E-state index in [1.165, 1.54) is 17.7 Å². The van der Waals surface area contributed by atoms with Crippen molar-refractivity contribution in [3.8, 4) is 0 Å². The second kappa shape index (κ2) is 7.18. The van der Waals surface area contributed by atoms with E-state index in [2.05, 4.69) is 40.2 Å². The Kier molecular flexibility index (Phi) is 4.38. The van der Waals surface area contributed by atoms with Crippen molar-refractivity contribution in [2.24, 2.45) is 18.9 Å². The van der Waals surface area contributed by atoms with E-state index in [1.54, 1.807) is 6.20 Å². The maximum Gasteiger partial charge on any atom is 0.255 e. The standard InChI is InChI=1S/C24H29N7O/c1-14-6-16(15(2)27-23(14)30-9-17-7-18(17)10-30)11-31-12-19(8-26-31)24(32)28-20-4-5-21-22(20)25-13-29(21)3/h6,8,12-13,17-18,20H,4-5,7,9-11H2,1-3H3,(H,28,32)/t17?,18?,20-/m1/s1. The average molecular weight is 432 g/mol. The molecule has 1 aliphatic heterocycles. The molecule has 3 aliphatic rings. The molecule has 1 N–H and O–H groups in total. The number of nitrogens with one attached hydrogen (secondary N) is 1. The Morgan fingerprint density at radius 3 is 2.88 bits per heavy atom. The molecule has 1 saturated heterocycles. The molecule has 1 amide bonds. The molecule has 3 aromatic heterocycles. The largest absolute Gasteiger partial charge is 0.356 e. The molecule has 2 fully saturated rings. The first-order chi connectivity index (χ1) is 15.5. The molecule has 3 atom stereocenters. The molecule has 0 aromatic carbocycles. The van der Waals surface area contributed by atoms with Crippen LogP contribution in [-0.4, -0.2) is 43.3 Å². The molecule has 2 unspecified atom stereocenters. The molecular formula is C24H29N7O. The summed E-state index contributed by atoms with van der Waals surface area (Å²) in [6, 6.07) is 2.20. The fourth-order valence-electron chi connectivity index (χ4n) is 5.41. The minimum atomic E-state index is -0.103. The number of anilines is 1. The minimum Gasteiger partial charge on any atom is -0.356 e. The molecule has 1 saturated carbocycles. The quantitative estimate of drug-likeness (QED) is 0.672. The number of amides is 1. The number of aromatic nitrogens is 5. The van der Waals surface area contributed by atoms with Gasteiger partial charge in [-0.15, -0.1) is 0 Å². The third-order valence-electron chi connectivity index (χ3n) is 7.38. The van der Waals surface area contributed by atoms with Crippen molar-refractivity contribution < 1.29 is 4.79 Å². The van der Waals surface area contributed by atoms with Crippen molar-refractivity contribution in [2.75, 3.05) is 18.0 Å². The number of nitrogens with zero attached hydrogens (tertiary/aromatic N) is 6. The first kappa shape index (κ1) is 19.5. The molecular weight excluding hydrogens is 402 g/mol. The number of imidazole rings is 1. The van der Waals surface area contributed by atoms with Crippen molar-refractivity contribution in [2.45, 2.75) is 45.7 Å². The van der Waals surface area contributed by atoms with Crippen LogP contribution in [0.15, 0.2) is 24.8 Å². The van der Waals surface area contributed by atoms with Crippen LogP contribution in [0.1, 0.15) is 57.5 Å². The fourth-order valence-corrected chi connectivity index (χ4v) is 5.41. The molecule has 0 bridgehead atoms. The molecule has 32 heavy (non-hydrogen) atoms. The lowest BCUT2D eigenvalue weighted by Crippen LogP contribution is -2.27. The summed E-state index contributed by atoms with van der Waals surface area (Å²) < 4.78 is 3.86. The number of carbonyl (C=O) groups excluding carboxylic acids is 1. The topological polar surface area (TPSA) is 80.9 Å². The number of hydrogen-bond acceptors (Lipinski definition) is 5. The van der Waals surface area contributed by atoms with Gasteiger partial charge in [-0.25, -0.2) is 9.97 Å². The van der Waals surface area contributed by atoms with Gasteiger partial charge in [0.1, 0.15) is 5.82 Å². The second-order valence-electron chi connectivity index (χ2n) is 9.71. The number of aryl methyl sites for hydroxylation is 3. The van der Waals surface area contributed by atoms with Gasteiger partial charge in [-0.1, -0.05) is 0 Å². The number of pyridine rings is 1. The van der Waals surface area contributed by atoms with Crippen molar-refractivity contribution in [3.63, 3.8) is 0 Å². The van der Waals surface area contributed by atoms with Crippen LogP contribution in [-0.2, 0) is 20.0 Å². The second-order valence-corrected chi connectivity index (χ2v) is 9.71. The van der Waals surface area contributed by atoms with E-state index in [0.29, 0.717) is 12.1 Å². The van der Waals surface area contributed by atoms with Crippen LogP contribution in [0.4, 0.5) is 5.82 Å². The maximum atomic E-state index is 12.8. The Labute approximate surface area is 187 Å². The normalized spacial score (nSPS) is 23.3. The molecule has 0 spiro atoms. The van der Waals surface area contributed by atoms with Crippen molar-refractivity contribution >= 4 is 11.7 Å². The first-order valence-corrected chi connectivity index (χ1v) is 11.5. The summed E-state index contributed by atoms with van der Waals surface area (Å²) in [7, 11) is 2.00. The predicted molar refractivity (Wildman–Crippen MR) is 121 cm³/mol. The predicted octanol–water partition coefficient (Wildman–Crippen LogP) is 2.55. The van der Waals surface area contributed by atoms with Crippen LogP contribution < -0.4 is 10.2 Å². The highest BCUT2D eigenvalue weighted by atomic mass is 16.1. The number of piperidine rings is 1. The van der Waals surface area contributed by atoms with Gasteiger partial charge in [0.15, 0.2) is 0 Å². The molecule has 3 aromatic rings. The zero-order valence-corrected chi connectivity index (χ0v) is 18.9. The van der Waals surface area contributed by atoms with E-state index in [0.717, 1.165) is 60.5 Å². The lowest BCUT2D eigenvalue weighted by molar-refractivity contribution is 0.0936. The molecule has 0 radical (unpaired) electrons. The van der Waals surface area contributed by atoms with Crippen LogP contribution in [0.25, 0.3) is 0 Å². The Morgan fingerprint density at radius 2 is 2.06 bits per heavy atom. The molecule has 8 nitrogen and oxygen atoms in total. The van der Waals surface area contributed by atoms with E-state index in [9.17, 15) is 4.79 Å². The van der Waals surface area contributed by atoms with Crippen molar-refractivity contribution in [1.29, 1.82) is 0 Å². The maximum absolute atomic E-state index is 12.8. The molecule has 2 aliphatic carbocycles. The van der Waals surface area contributed by atoms with Crippen LogP contribution in [0.2, 0.25) is 0 Å². The fraction of sp³-hybridized carbons (Fsp3) is 0.500. The third kappa shape index (κ3) is 3.29.